The van der Waals surface area contributed by atoms with Gasteiger partial charge in [0.2, 0.25) is 0 Å². The molecule has 0 saturated carbocycles. The van der Waals surface area contributed by atoms with Gasteiger partial charge in [0.1, 0.15) is 5.75 Å². The Balaban J connectivity index is 2.21. The van der Waals surface area contributed by atoms with Gasteiger partial charge in [-0.3, -0.25) is 4.90 Å². The standard InChI is InChI=1S/C16H26N2O/c1-4-15-7-5-12(2)18(15)11-14-9-13(10-17)6-8-16(14)19-3/h6,8-9,12,15H,4-5,7,10-11,17H2,1-3H3. The van der Waals surface area contributed by atoms with Gasteiger partial charge in [-0.1, -0.05) is 13.0 Å². The number of hydrogen-bond acceptors (Lipinski definition) is 3. The number of ether oxygens (including phenoxy) is 1. The van der Waals surface area contributed by atoms with E-state index < -0.39 is 0 Å². The predicted octanol–water partition coefficient (Wildman–Crippen LogP) is 2.92. The van der Waals surface area contributed by atoms with E-state index >= 15 is 0 Å². The van der Waals surface area contributed by atoms with Crippen molar-refractivity contribution in [2.75, 3.05) is 7.11 Å². The van der Waals surface area contributed by atoms with E-state index in [-0.39, 0.29) is 0 Å². The summed E-state index contributed by atoms with van der Waals surface area (Å²) in [5, 5.41) is 0. The molecule has 0 aliphatic carbocycles. The summed E-state index contributed by atoms with van der Waals surface area (Å²) < 4.78 is 5.49. The first-order valence-electron chi connectivity index (χ1n) is 7.31. The highest BCUT2D eigenvalue weighted by molar-refractivity contribution is 5.37. The van der Waals surface area contributed by atoms with Crippen LogP contribution in [0.25, 0.3) is 0 Å². The lowest BCUT2D eigenvalue weighted by molar-refractivity contribution is 0.187. The Morgan fingerprint density at radius 2 is 2.16 bits per heavy atom. The summed E-state index contributed by atoms with van der Waals surface area (Å²) in [6.45, 7) is 6.17. The van der Waals surface area contributed by atoms with Gasteiger partial charge in [0.15, 0.2) is 0 Å². The smallest absolute Gasteiger partial charge is 0.123 e. The number of methoxy groups -OCH3 is 1. The van der Waals surface area contributed by atoms with Crippen molar-refractivity contribution in [1.82, 2.24) is 4.90 Å². The first-order valence-corrected chi connectivity index (χ1v) is 7.31. The van der Waals surface area contributed by atoms with Crippen molar-refractivity contribution in [2.45, 2.75) is 58.3 Å². The molecule has 1 saturated heterocycles. The molecule has 1 aliphatic rings. The number of rotatable bonds is 5. The topological polar surface area (TPSA) is 38.5 Å². The lowest BCUT2D eigenvalue weighted by atomic mass is 10.1. The number of likely N-dealkylation sites (tertiary alicyclic amines) is 1. The van der Waals surface area contributed by atoms with Gasteiger partial charge in [-0.15, -0.1) is 0 Å². The maximum atomic E-state index is 5.74. The molecule has 1 aliphatic heterocycles. The minimum Gasteiger partial charge on any atom is -0.496 e. The van der Waals surface area contributed by atoms with Gasteiger partial charge in [-0.2, -0.15) is 0 Å². The second-order valence-corrected chi connectivity index (χ2v) is 5.51. The Kier molecular flexibility index (Phi) is 4.83. The van der Waals surface area contributed by atoms with Crippen LogP contribution in [0.5, 0.6) is 5.75 Å². The van der Waals surface area contributed by atoms with Gasteiger partial charge in [0, 0.05) is 30.7 Å². The number of hydrogen-bond donors (Lipinski definition) is 1. The van der Waals surface area contributed by atoms with Crippen LogP contribution in [-0.4, -0.2) is 24.1 Å². The largest absolute Gasteiger partial charge is 0.496 e. The molecule has 0 radical (unpaired) electrons. The molecular formula is C16H26N2O. The molecule has 3 nitrogen and oxygen atoms in total. The highest BCUT2D eigenvalue weighted by atomic mass is 16.5. The molecule has 1 fully saturated rings. The minimum atomic E-state index is 0.587. The zero-order valence-corrected chi connectivity index (χ0v) is 12.4. The summed E-state index contributed by atoms with van der Waals surface area (Å²) in [5.74, 6) is 0.978. The molecule has 1 heterocycles. The third-order valence-electron chi connectivity index (χ3n) is 4.36. The second-order valence-electron chi connectivity index (χ2n) is 5.51. The first kappa shape index (κ1) is 14.4. The molecule has 0 amide bonds. The van der Waals surface area contributed by atoms with E-state index in [4.69, 9.17) is 10.5 Å². The van der Waals surface area contributed by atoms with E-state index in [0.717, 1.165) is 12.3 Å². The maximum absolute atomic E-state index is 5.74. The Labute approximate surface area is 116 Å². The number of nitrogens with two attached hydrogens (primary N) is 1. The van der Waals surface area contributed by atoms with E-state index in [0.29, 0.717) is 18.6 Å². The molecule has 19 heavy (non-hydrogen) atoms. The number of benzene rings is 1. The maximum Gasteiger partial charge on any atom is 0.123 e. The minimum absolute atomic E-state index is 0.587. The normalized spacial score (nSPS) is 23.8. The average molecular weight is 262 g/mol. The SMILES string of the molecule is CCC1CCC(C)N1Cc1cc(CN)ccc1OC. The van der Waals surface area contributed by atoms with Crippen LogP contribution < -0.4 is 10.5 Å². The molecular weight excluding hydrogens is 236 g/mol. The van der Waals surface area contributed by atoms with Crippen LogP contribution in [0.3, 0.4) is 0 Å². The fourth-order valence-corrected chi connectivity index (χ4v) is 3.13. The molecule has 2 rings (SSSR count). The summed E-state index contributed by atoms with van der Waals surface area (Å²) in [6.07, 6.45) is 3.84. The van der Waals surface area contributed by atoms with Crippen molar-refractivity contribution >= 4 is 0 Å². The average Bonchev–Trinajstić information content (AvgIpc) is 2.79. The van der Waals surface area contributed by atoms with Gasteiger partial charge < -0.3 is 10.5 Å². The van der Waals surface area contributed by atoms with Crippen molar-refractivity contribution in [2.24, 2.45) is 5.73 Å². The molecule has 0 bridgehead atoms. The predicted molar refractivity (Wildman–Crippen MR) is 79.2 cm³/mol. The van der Waals surface area contributed by atoms with Crippen molar-refractivity contribution < 1.29 is 4.74 Å². The van der Waals surface area contributed by atoms with Gasteiger partial charge in [0.25, 0.3) is 0 Å². The lowest BCUT2D eigenvalue weighted by Crippen LogP contribution is -2.33. The van der Waals surface area contributed by atoms with Crippen molar-refractivity contribution in [3.05, 3.63) is 29.3 Å². The zero-order valence-electron chi connectivity index (χ0n) is 12.4. The van der Waals surface area contributed by atoms with Gasteiger partial charge in [-0.05, 0) is 43.9 Å². The molecule has 2 atom stereocenters. The van der Waals surface area contributed by atoms with Crippen LogP contribution in [0.2, 0.25) is 0 Å². The number of nitrogens with zero attached hydrogens (tertiary/aromatic N) is 1. The fourth-order valence-electron chi connectivity index (χ4n) is 3.13. The van der Waals surface area contributed by atoms with Crippen LogP contribution in [-0.2, 0) is 13.1 Å². The van der Waals surface area contributed by atoms with E-state index in [2.05, 4.69) is 24.8 Å². The van der Waals surface area contributed by atoms with Crippen molar-refractivity contribution in [1.29, 1.82) is 0 Å². The van der Waals surface area contributed by atoms with E-state index in [9.17, 15) is 0 Å². The second kappa shape index (κ2) is 6.40. The van der Waals surface area contributed by atoms with E-state index in [1.807, 2.05) is 12.1 Å². The molecule has 1 aromatic carbocycles. The van der Waals surface area contributed by atoms with Crippen LogP contribution in [0.15, 0.2) is 18.2 Å². The lowest BCUT2D eigenvalue weighted by Gasteiger charge is -2.28. The highest BCUT2D eigenvalue weighted by Gasteiger charge is 2.29. The highest BCUT2D eigenvalue weighted by Crippen LogP contribution is 2.30. The fraction of sp³-hybridized carbons (Fsp3) is 0.625. The molecule has 0 aromatic heterocycles. The first-order chi connectivity index (χ1) is 9.19. The van der Waals surface area contributed by atoms with Crippen LogP contribution in [0, 0.1) is 0 Å². The summed E-state index contributed by atoms with van der Waals surface area (Å²) >= 11 is 0. The summed E-state index contributed by atoms with van der Waals surface area (Å²) in [6, 6.07) is 7.65. The summed E-state index contributed by atoms with van der Waals surface area (Å²) in [4.78, 5) is 2.61. The molecule has 106 valence electrons. The third kappa shape index (κ3) is 3.10. The van der Waals surface area contributed by atoms with Crippen LogP contribution in [0.4, 0.5) is 0 Å². The van der Waals surface area contributed by atoms with Crippen LogP contribution in [0.1, 0.15) is 44.2 Å². The molecule has 1 aromatic rings. The Hall–Kier alpha value is -1.06. The monoisotopic (exact) mass is 262 g/mol. The molecule has 2 N–H and O–H groups in total. The van der Waals surface area contributed by atoms with Gasteiger partial charge in [-0.25, -0.2) is 0 Å². The van der Waals surface area contributed by atoms with Crippen molar-refractivity contribution in [3.63, 3.8) is 0 Å². The van der Waals surface area contributed by atoms with E-state index in [1.54, 1.807) is 7.11 Å². The quantitative estimate of drug-likeness (QED) is 0.886. The molecule has 3 heteroatoms. The zero-order chi connectivity index (χ0) is 13.8. The molecule has 2 unspecified atom stereocenters. The Bertz CT molecular complexity index is 419. The van der Waals surface area contributed by atoms with Gasteiger partial charge in [0.05, 0.1) is 7.11 Å². The Morgan fingerprint density at radius 3 is 2.79 bits per heavy atom. The van der Waals surface area contributed by atoms with Crippen molar-refractivity contribution in [3.8, 4) is 5.75 Å². The summed E-state index contributed by atoms with van der Waals surface area (Å²) in [5.41, 5.74) is 8.18. The third-order valence-corrected chi connectivity index (χ3v) is 4.36. The molecule has 0 spiro atoms. The van der Waals surface area contributed by atoms with Gasteiger partial charge >= 0.3 is 0 Å². The Morgan fingerprint density at radius 1 is 1.37 bits per heavy atom. The summed E-state index contributed by atoms with van der Waals surface area (Å²) in [7, 11) is 1.74. The van der Waals surface area contributed by atoms with E-state index in [1.165, 1.54) is 30.4 Å². The van der Waals surface area contributed by atoms with Crippen LogP contribution >= 0.6 is 0 Å².